The van der Waals surface area contributed by atoms with Gasteiger partial charge in [-0.2, -0.15) is 0 Å². The SMILES string of the molecule is Cc1ccc(OCCC(=O)N2CCN(c3cc(C)c(C=O)cc3C)CC2)c(Br)c1. The van der Waals surface area contributed by atoms with Crippen molar-refractivity contribution < 1.29 is 14.3 Å². The number of piperazine rings is 1. The second-order valence-electron chi connectivity index (χ2n) is 7.51. The van der Waals surface area contributed by atoms with E-state index in [1.54, 1.807) is 0 Å². The predicted octanol–water partition coefficient (Wildman–Crippen LogP) is 4.30. The molecule has 0 atom stereocenters. The molecule has 3 rings (SSSR count). The van der Waals surface area contributed by atoms with Crippen LogP contribution in [-0.4, -0.2) is 49.9 Å². The normalized spacial score (nSPS) is 14.1. The van der Waals surface area contributed by atoms with Gasteiger partial charge in [-0.3, -0.25) is 9.59 Å². The van der Waals surface area contributed by atoms with E-state index in [1.807, 2.05) is 49.9 Å². The van der Waals surface area contributed by atoms with Gasteiger partial charge in [-0.1, -0.05) is 6.07 Å². The molecule has 154 valence electrons. The number of ether oxygens (including phenoxy) is 1. The van der Waals surface area contributed by atoms with E-state index in [9.17, 15) is 9.59 Å². The van der Waals surface area contributed by atoms with Crippen LogP contribution in [0.25, 0.3) is 0 Å². The van der Waals surface area contributed by atoms with Gasteiger partial charge in [-0.05, 0) is 77.7 Å². The molecule has 29 heavy (non-hydrogen) atoms. The number of amides is 1. The molecule has 0 saturated carbocycles. The summed E-state index contributed by atoms with van der Waals surface area (Å²) in [6.45, 7) is 9.34. The van der Waals surface area contributed by atoms with E-state index in [2.05, 4.69) is 26.9 Å². The van der Waals surface area contributed by atoms with Crippen LogP contribution in [0.4, 0.5) is 5.69 Å². The maximum Gasteiger partial charge on any atom is 0.226 e. The Bertz CT molecular complexity index is 905. The van der Waals surface area contributed by atoms with Crippen molar-refractivity contribution in [1.29, 1.82) is 0 Å². The van der Waals surface area contributed by atoms with Gasteiger partial charge in [0.15, 0.2) is 0 Å². The molecule has 0 N–H and O–H groups in total. The third-order valence-corrected chi connectivity index (χ3v) is 5.97. The van der Waals surface area contributed by atoms with Gasteiger partial charge < -0.3 is 14.5 Å². The molecular formula is C23H27BrN2O3. The first kappa shape index (κ1) is 21.4. The standard InChI is InChI=1S/C23H27BrN2O3/c1-16-4-5-22(20(24)12-16)29-11-6-23(28)26-9-7-25(8-10-26)21-14-17(2)19(15-27)13-18(21)3/h4-5,12-15H,6-11H2,1-3H3. The van der Waals surface area contributed by atoms with E-state index >= 15 is 0 Å². The molecule has 0 aliphatic carbocycles. The third kappa shape index (κ3) is 5.18. The Labute approximate surface area is 180 Å². The van der Waals surface area contributed by atoms with Gasteiger partial charge in [0, 0.05) is 37.4 Å². The molecule has 0 unspecified atom stereocenters. The van der Waals surface area contributed by atoms with Crippen molar-refractivity contribution in [3.63, 3.8) is 0 Å². The number of aldehydes is 1. The van der Waals surface area contributed by atoms with Gasteiger partial charge in [0.25, 0.3) is 0 Å². The first-order valence-corrected chi connectivity index (χ1v) is 10.7. The highest BCUT2D eigenvalue weighted by atomic mass is 79.9. The van der Waals surface area contributed by atoms with E-state index in [1.165, 1.54) is 0 Å². The predicted molar refractivity (Wildman–Crippen MR) is 119 cm³/mol. The number of hydrogen-bond donors (Lipinski definition) is 0. The van der Waals surface area contributed by atoms with Crippen molar-refractivity contribution in [2.24, 2.45) is 0 Å². The Morgan fingerprint density at radius 3 is 2.45 bits per heavy atom. The van der Waals surface area contributed by atoms with Crippen LogP contribution in [0.5, 0.6) is 5.75 Å². The largest absolute Gasteiger partial charge is 0.492 e. The lowest BCUT2D eigenvalue weighted by Crippen LogP contribution is -2.49. The number of carbonyl (C=O) groups is 2. The molecule has 0 aromatic heterocycles. The number of aryl methyl sites for hydroxylation is 3. The highest BCUT2D eigenvalue weighted by Crippen LogP contribution is 2.26. The van der Waals surface area contributed by atoms with Crippen molar-refractivity contribution in [2.75, 3.05) is 37.7 Å². The van der Waals surface area contributed by atoms with Gasteiger partial charge >= 0.3 is 0 Å². The Hall–Kier alpha value is -2.34. The molecule has 1 saturated heterocycles. The molecule has 1 amide bonds. The molecular weight excluding hydrogens is 432 g/mol. The van der Waals surface area contributed by atoms with Crippen LogP contribution >= 0.6 is 15.9 Å². The van der Waals surface area contributed by atoms with Gasteiger partial charge in [0.2, 0.25) is 5.91 Å². The number of nitrogens with zero attached hydrogens (tertiary/aromatic N) is 2. The fourth-order valence-electron chi connectivity index (χ4n) is 3.62. The van der Waals surface area contributed by atoms with Crippen LogP contribution < -0.4 is 9.64 Å². The minimum absolute atomic E-state index is 0.122. The second-order valence-corrected chi connectivity index (χ2v) is 8.37. The molecule has 0 bridgehead atoms. The Morgan fingerprint density at radius 2 is 1.79 bits per heavy atom. The van der Waals surface area contributed by atoms with Crippen LogP contribution in [0.3, 0.4) is 0 Å². The van der Waals surface area contributed by atoms with E-state index in [0.717, 1.165) is 57.5 Å². The number of carbonyl (C=O) groups excluding carboxylic acids is 2. The molecule has 0 spiro atoms. The zero-order chi connectivity index (χ0) is 21.0. The molecule has 1 heterocycles. The van der Waals surface area contributed by atoms with E-state index in [0.29, 0.717) is 26.1 Å². The Morgan fingerprint density at radius 1 is 1.07 bits per heavy atom. The average molecular weight is 459 g/mol. The van der Waals surface area contributed by atoms with Gasteiger partial charge in [-0.25, -0.2) is 0 Å². The van der Waals surface area contributed by atoms with Crippen LogP contribution in [-0.2, 0) is 4.79 Å². The van der Waals surface area contributed by atoms with Crippen LogP contribution in [0, 0.1) is 20.8 Å². The summed E-state index contributed by atoms with van der Waals surface area (Å²) in [4.78, 5) is 27.9. The summed E-state index contributed by atoms with van der Waals surface area (Å²) in [7, 11) is 0. The summed E-state index contributed by atoms with van der Waals surface area (Å²) in [6.07, 6.45) is 1.27. The monoisotopic (exact) mass is 458 g/mol. The molecule has 1 aliphatic rings. The minimum Gasteiger partial charge on any atom is -0.492 e. The molecule has 6 heteroatoms. The molecule has 0 radical (unpaired) electrons. The van der Waals surface area contributed by atoms with Gasteiger partial charge in [0.05, 0.1) is 17.5 Å². The van der Waals surface area contributed by atoms with Crippen LogP contribution in [0.1, 0.15) is 33.5 Å². The summed E-state index contributed by atoms with van der Waals surface area (Å²) in [5.74, 6) is 0.884. The molecule has 2 aromatic carbocycles. The van der Waals surface area contributed by atoms with Crippen LogP contribution in [0.15, 0.2) is 34.8 Å². The van der Waals surface area contributed by atoms with E-state index in [-0.39, 0.29) is 5.91 Å². The quantitative estimate of drug-likeness (QED) is 0.605. The first-order valence-electron chi connectivity index (χ1n) is 9.87. The van der Waals surface area contributed by atoms with Crippen molar-refractivity contribution in [2.45, 2.75) is 27.2 Å². The number of rotatable bonds is 6. The van der Waals surface area contributed by atoms with Gasteiger partial charge in [-0.15, -0.1) is 0 Å². The number of hydrogen-bond acceptors (Lipinski definition) is 4. The second kappa shape index (κ2) is 9.44. The molecule has 1 fully saturated rings. The summed E-state index contributed by atoms with van der Waals surface area (Å²) in [5, 5.41) is 0. The fraction of sp³-hybridized carbons (Fsp3) is 0.391. The summed E-state index contributed by atoms with van der Waals surface area (Å²) < 4.78 is 6.67. The molecule has 2 aromatic rings. The number of anilines is 1. The lowest BCUT2D eigenvalue weighted by atomic mass is 10.0. The topological polar surface area (TPSA) is 49.9 Å². The maximum absolute atomic E-state index is 12.6. The molecule has 5 nitrogen and oxygen atoms in total. The highest BCUT2D eigenvalue weighted by Gasteiger charge is 2.22. The summed E-state index contributed by atoms with van der Waals surface area (Å²) in [6, 6.07) is 9.93. The lowest BCUT2D eigenvalue weighted by molar-refractivity contribution is -0.132. The lowest BCUT2D eigenvalue weighted by Gasteiger charge is -2.37. The number of benzene rings is 2. The minimum atomic E-state index is 0.122. The Kier molecular flexibility index (Phi) is 6.96. The summed E-state index contributed by atoms with van der Waals surface area (Å²) in [5.41, 5.74) is 5.12. The maximum atomic E-state index is 12.6. The Balaban J connectivity index is 1.50. The fourth-order valence-corrected chi connectivity index (χ4v) is 4.22. The molecule has 1 aliphatic heterocycles. The summed E-state index contributed by atoms with van der Waals surface area (Å²) >= 11 is 3.49. The zero-order valence-electron chi connectivity index (χ0n) is 17.2. The van der Waals surface area contributed by atoms with Crippen molar-refractivity contribution in [1.82, 2.24) is 4.90 Å². The van der Waals surface area contributed by atoms with Crippen molar-refractivity contribution >= 4 is 33.8 Å². The zero-order valence-corrected chi connectivity index (χ0v) is 18.8. The van der Waals surface area contributed by atoms with Crippen LogP contribution in [0.2, 0.25) is 0 Å². The smallest absolute Gasteiger partial charge is 0.226 e. The van der Waals surface area contributed by atoms with Crippen molar-refractivity contribution in [3.05, 3.63) is 57.1 Å². The van der Waals surface area contributed by atoms with E-state index in [4.69, 9.17) is 4.74 Å². The first-order chi connectivity index (χ1) is 13.9. The van der Waals surface area contributed by atoms with Gasteiger partial charge in [0.1, 0.15) is 12.0 Å². The number of halogens is 1. The average Bonchev–Trinajstić information content (AvgIpc) is 2.71. The highest BCUT2D eigenvalue weighted by molar-refractivity contribution is 9.10. The third-order valence-electron chi connectivity index (χ3n) is 5.35. The van der Waals surface area contributed by atoms with E-state index < -0.39 is 0 Å². The van der Waals surface area contributed by atoms with Crippen molar-refractivity contribution in [3.8, 4) is 5.75 Å².